The molecule has 144 valence electrons. The number of aliphatic hydroxyl groups is 1. The molecule has 0 spiro atoms. The summed E-state index contributed by atoms with van der Waals surface area (Å²) in [5.74, 6) is -0.507. The lowest BCUT2D eigenvalue weighted by atomic mass is 9.95. The third-order valence-electron chi connectivity index (χ3n) is 4.09. The standard InChI is InChI=1S/C21H21N3O4/c25-12-14-28-13-11-22-20(26)18-17(15-7-3-1-4-8-15)19(23-24-21(18)27)16-9-5-2-6-10-16/h1-10,25H,11-14H2,(H,22,26)(H,24,27). The van der Waals surface area contributed by atoms with E-state index in [1.807, 2.05) is 60.7 Å². The number of carbonyl (C=O) groups is 1. The fraction of sp³-hybridized carbons (Fsp3) is 0.190. The van der Waals surface area contributed by atoms with E-state index in [0.29, 0.717) is 11.3 Å². The third-order valence-corrected chi connectivity index (χ3v) is 4.09. The SMILES string of the molecule is O=C(NCCOCCO)c1c(-c2ccccc2)c(-c2ccccc2)n[nH]c1=O. The first-order valence-electron chi connectivity index (χ1n) is 8.92. The zero-order valence-electron chi connectivity index (χ0n) is 15.2. The summed E-state index contributed by atoms with van der Waals surface area (Å²) in [6.45, 7) is 0.562. The maximum absolute atomic E-state index is 12.8. The monoisotopic (exact) mass is 379 g/mol. The van der Waals surface area contributed by atoms with Crippen molar-refractivity contribution in [2.45, 2.75) is 0 Å². The molecule has 0 saturated heterocycles. The lowest BCUT2D eigenvalue weighted by molar-refractivity contribution is 0.0837. The van der Waals surface area contributed by atoms with Crippen LogP contribution >= 0.6 is 0 Å². The molecule has 1 amide bonds. The molecule has 1 heterocycles. The number of H-pyrrole nitrogens is 1. The number of rotatable bonds is 8. The third kappa shape index (κ3) is 4.51. The quantitative estimate of drug-likeness (QED) is 0.518. The number of aromatic nitrogens is 2. The molecule has 28 heavy (non-hydrogen) atoms. The van der Waals surface area contributed by atoms with E-state index in [9.17, 15) is 9.59 Å². The predicted molar refractivity (Wildman–Crippen MR) is 106 cm³/mol. The van der Waals surface area contributed by atoms with Gasteiger partial charge in [0.1, 0.15) is 5.56 Å². The maximum Gasteiger partial charge on any atom is 0.277 e. The van der Waals surface area contributed by atoms with Crippen molar-refractivity contribution in [3.05, 3.63) is 76.6 Å². The molecule has 3 N–H and O–H groups in total. The van der Waals surface area contributed by atoms with Crippen LogP contribution in [0.3, 0.4) is 0 Å². The lowest BCUT2D eigenvalue weighted by Gasteiger charge is -2.14. The van der Waals surface area contributed by atoms with Crippen molar-refractivity contribution in [2.75, 3.05) is 26.4 Å². The molecule has 0 aliphatic rings. The number of hydrogen-bond donors (Lipinski definition) is 3. The molecule has 0 unspecified atom stereocenters. The molecule has 3 aromatic rings. The summed E-state index contributed by atoms with van der Waals surface area (Å²) < 4.78 is 5.14. The molecule has 0 aliphatic carbocycles. The van der Waals surface area contributed by atoms with Crippen LogP contribution in [0.4, 0.5) is 0 Å². The summed E-state index contributed by atoms with van der Waals surface area (Å²) in [5, 5.41) is 18.1. The normalized spacial score (nSPS) is 10.6. The van der Waals surface area contributed by atoms with Gasteiger partial charge in [-0.25, -0.2) is 5.10 Å². The van der Waals surface area contributed by atoms with Gasteiger partial charge in [0.15, 0.2) is 0 Å². The maximum atomic E-state index is 12.8. The van der Waals surface area contributed by atoms with Crippen molar-refractivity contribution in [2.24, 2.45) is 0 Å². The van der Waals surface area contributed by atoms with Gasteiger partial charge in [-0.2, -0.15) is 5.10 Å². The van der Waals surface area contributed by atoms with Gasteiger partial charge in [0.2, 0.25) is 0 Å². The number of benzene rings is 2. The Morgan fingerprint density at radius 3 is 2.29 bits per heavy atom. The number of nitrogens with zero attached hydrogens (tertiary/aromatic N) is 1. The summed E-state index contributed by atoms with van der Waals surface area (Å²) in [5.41, 5.74) is 1.95. The molecular formula is C21H21N3O4. The molecule has 3 rings (SSSR count). The first kappa shape index (κ1) is 19.5. The van der Waals surface area contributed by atoms with E-state index in [0.717, 1.165) is 11.1 Å². The van der Waals surface area contributed by atoms with E-state index in [2.05, 4.69) is 15.5 Å². The molecule has 0 atom stereocenters. The number of aliphatic hydroxyl groups excluding tert-OH is 1. The van der Waals surface area contributed by atoms with Crippen LogP contribution in [-0.4, -0.2) is 47.6 Å². The van der Waals surface area contributed by atoms with Crippen LogP contribution in [0, 0.1) is 0 Å². The summed E-state index contributed by atoms with van der Waals surface area (Å²) in [6, 6.07) is 18.6. The average Bonchev–Trinajstić information content (AvgIpc) is 2.74. The second-order valence-corrected chi connectivity index (χ2v) is 5.98. The highest BCUT2D eigenvalue weighted by molar-refractivity contribution is 6.03. The van der Waals surface area contributed by atoms with Crippen LogP contribution in [0.15, 0.2) is 65.5 Å². The predicted octanol–water partition coefficient (Wildman–Crippen LogP) is 1.84. The van der Waals surface area contributed by atoms with Gasteiger partial charge in [-0.05, 0) is 5.56 Å². The Balaban J connectivity index is 2.04. The minimum absolute atomic E-state index is 0.00205. The van der Waals surface area contributed by atoms with E-state index < -0.39 is 11.5 Å². The minimum atomic E-state index is -0.563. The van der Waals surface area contributed by atoms with Crippen molar-refractivity contribution in [3.63, 3.8) is 0 Å². The summed E-state index contributed by atoms with van der Waals surface area (Å²) in [4.78, 5) is 25.3. The average molecular weight is 379 g/mol. The highest BCUT2D eigenvalue weighted by Crippen LogP contribution is 2.31. The van der Waals surface area contributed by atoms with E-state index in [1.165, 1.54) is 0 Å². The molecule has 0 aliphatic heterocycles. The van der Waals surface area contributed by atoms with Crippen molar-refractivity contribution >= 4 is 5.91 Å². The van der Waals surface area contributed by atoms with Gasteiger partial charge < -0.3 is 15.2 Å². The van der Waals surface area contributed by atoms with Gasteiger partial charge in [0.05, 0.1) is 25.5 Å². The van der Waals surface area contributed by atoms with E-state index >= 15 is 0 Å². The van der Waals surface area contributed by atoms with E-state index in [4.69, 9.17) is 9.84 Å². The van der Waals surface area contributed by atoms with Gasteiger partial charge in [-0.3, -0.25) is 9.59 Å². The Labute approximate surface area is 162 Å². The molecule has 1 aromatic heterocycles. The zero-order valence-corrected chi connectivity index (χ0v) is 15.2. The van der Waals surface area contributed by atoms with Gasteiger partial charge >= 0.3 is 0 Å². The molecule has 7 nitrogen and oxygen atoms in total. The molecule has 0 fully saturated rings. The number of hydrogen-bond acceptors (Lipinski definition) is 5. The largest absolute Gasteiger partial charge is 0.394 e. The number of ether oxygens (including phenoxy) is 1. The summed E-state index contributed by atoms with van der Waals surface area (Å²) in [7, 11) is 0. The first-order chi connectivity index (χ1) is 13.7. The molecular weight excluding hydrogens is 358 g/mol. The van der Waals surface area contributed by atoms with Crippen molar-refractivity contribution < 1.29 is 14.6 Å². The van der Waals surface area contributed by atoms with Crippen LogP contribution in [0.1, 0.15) is 10.4 Å². The van der Waals surface area contributed by atoms with E-state index in [1.54, 1.807) is 0 Å². The van der Waals surface area contributed by atoms with Crippen LogP contribution in [0.5, 0.6) is 0 Å². The Hall–Kier alpha value is -3.29. The number of aromatic amines is 1. The Morgan fingerprint density at radius 2 is 1.64 bits per heavy atom. The Bertz CT molecular complexity index is 972. The lowest BCUT2D eigenvalue weighted by Crippen LogP contribution is -2.33. The zero-order chi connectivity index (χ0) is 19.8. The van der Waals surface area contributed by atoms with Crippen molar-refractivity contribution in [1.29, 1.82) is 0 Å². The van der Waals surface area contributed by atoms with Crippen LogP contribution in [0.25, 0.3) is 22.4 Å². The molecule has 2 aromatic carbocycles. The van der Waals surface area contributed by atoms with Crippen LogP contribution in [-0.2, 0) is 4.74 Å². The Morgan fingerprint density at radius 1 is 1.00 bits per heavy atom. The summed E-state index contributed by atoms with van der Waals surface area (Å²) >= 11 is 0. The number of carbonyl (C=O) groups excluding carboxylic acids is 1. The summed E-state index contributed by atoms with van der Waals surface area (Å²) in [6.07, 6.45) is 0. The highest BCUT2D eigenvalue weighted by atomic mass is 16.5. The van der Waals surface area contributed by atoms with Gasteiger partial charge in [-0.15, -0.1) is 0 Å². The molecule has 7 heteroatoms. The topological polar surface area (TPSA) is 104 Å². The second kappa shape index (κ2) is 9.59. The Kier molecular flexibility index (Phi) is 6.67. The van der Waals surface area contributed by atoms with Crippen molar-refractivity contribution in [1.82, 2.24) is 15.5 Å². The van der Waals surface area contributed by atoms with Gasteiger partial charge in [-0.1, -0.05) is 60.7 Å². The minimum Gasteiger partial charge on any atom is -0.394 e. The van der Waals surface area contributed by atoms with E-state index in [-0.39, 0.29) is 31.9 Å². The molecule has 0 bridgehead atoms. The van der Waals surface area contributed by atoms with Gasteiger partial charge in [0.25, 0.3) is 11.5 Å². The molecule has 0 radical (unpaired) electrons. The van der Waals surface area contributed by atoms with Crippen LogP contribution < -0.4 is 10.9 Å². The van der Waals surface area contributed by atoms with Crippen LogP contribution in [0.2, 0.25) is 0 Å². The second-order valence-electron chi connectivity index (χ2n) is 5.98. The van der Waals surface area contributed by atoms with Crippen molar-refractivity contribution in [3.8, 4) is 22.4 Å². The fourth-order valence-corrected chi connectivity index (χ4v) is 2.85. The number of nitrogens with one attached hydrogen (secondary N) is 2. The highest BCUT2D eigenvalue weighted by Gasteiger charge is 2.22. The van der Waals surface area contributed by atoms with Gasteiger partial charge in [0, 0.05) is 17.7 Å². The fourth-order valence-electron chi connectivity index (χ4n) is 2.85. The molecule has 0 saturated carbocycles. The number of amides is 1. The smallest absolute Gasteiger partial charge is 0.277 e. The first-order valence-corrected chi connectivity index (χ1v) is 8.92.